The Labute approximate surface area is 145 Å². The first-order chi connectivity index (χ1) is 11.8. The van der Waals surface area contributed by atoms with Gasteiger partial charge in [0.25, 0.3) is 10.1 Å². The van der Waals surface area contributed by atoms with E-state index in [1.807, 2.05) is 36.4 Å². The van der Waals surface area contributed by atoms with Crippen LogP contribution in [0.15, 0.2) is 42.5 Å². The maximum Gasteiger partial charge on any atom is 0.329 e. The Kier molecular flexibility index (Phi) is 6.11. The number of hydrogen-bond donors (Lipinski definition) is 2. The standard InChI is InChI=1S/C17H19NO6S/c1-2-24-17(20)15(11-25(21,22)23)18-16(19)10-12-7-8-13-5-3-4-6-14(13)9-12/h3-9,15H,2,10-11H2,1H3,(H,18,19)(H,21,22,23)/t15-/m0/s1. The van der Waals surface area contributed by atoms with Crippen molar-refractivity contribution in [2.24, 2.45) is 0 Å². The van der Waals surface area contributed by atoms with Gasteiger partial charge >= 0.3 is 5.97 Å². The number of esters is 1. The third kappa shape index (κ3) is 5.84. The van der Waals surface area contributed by atoms with Crippen LogP contribution in [-0.2, 0) is 30.9 Å². The van der Waals surface area contributed by atoms with Crippen molar-refractivity contribution in [3.05, 3.63) is 48.0 Å². The van der Waals surface area contributed by atoms with Gasteiger partial charge in [-0.2, -0.15) is 8.42 Å². The normalized spacial score (nSPS) is 12.6. The van der Waals surface area contributed by atoms with Gasteiger partial charge in [-0.1, -0.05) is 42.5 Å². The van der Waals surface area contributed by atoms with E-state index in [4.69, 9.17) is 9.29 Å². The Morgan fingerprint density at radius 3 is 2.48 bits per heavy atom. The first kappa shape index (κ1) is 18.9. The summed E-state index contributed by atoms with van der Waals surface area (Å²) < 4.78 is 35.7. The molecule has 0 aromatic heterocycles. The van der Waals surface area contributed by atoms with Crippen LogP contribution in [0.3, 0.4) is 0 Å². The zero-order valence-electron chi connectivity index (χ0n) is 13.6. The van der Waals surface area contributed by atoms with E-state index in [1.54, 1.807) is 13.0 Å². The minimum atomic E-state index is -4.45. The molecule has 0 bridgehead atoms. The van der Waals surface area contributed by atoms with E-state index >= 15 is 0 Å². The van der Waals surface area contributed by atoms with Gasteiger partial charge in [0.15, 0.2) is 0 Å². The van der Waals surface area contributed by atoms with E-state index in [0.29, 0.717) is 5.56 Å². The van der Waals surface area contributed by atoms with Gasteiger partial charge in [0.1, 0.15) is 11.8 Å². The van der Waals surface area contributed by atoms with Gasteiger partial charge in [0.05, 0.1) is 13.0 Å². The Hall–Kier alpha value is -2.45. The van der Waals surface area contributed by atoms with Crippen LogP contribution in [0.25, 0.3) is 10.8 Å². The molecule has 0 fully saturated rings. The van der Waals surface area contributed by atoms with Crippen LogP contribution in [-0.4, -0.2) is 43.2 Å². The van der Waals surface area contributed by atoms with E-state index < -0.39 is 33.8 Å². The second-order valence-corrected chi connectivity index (χ2v) is 6.98. The molecule has 8 heteroatoms. The van der Waals surface area contributed by atoms with E-state index in [0.717, 1.165) is 10.8 Å². The number of hydrogen-bond acceptors (Lipinski definition) is 5. The number of benzene rings is 2. The topological polar surface area (TPSA) is 110 Å². The molecule has 0 heterocycles. The van der Waals surface area contributed by atoms with Gasteiger partial charge in [-0.05, 0) is 23.3 Å². The maximum absolute atomic E-state index is 12.2. The van der Waals surface area contributed by atoms with Crippen LogP contribution in [0.4, 0.5) is 0 Å². The highest BCUT2D eigenvalue weighted by atomic mass is 32.2. The van der Waals surface area contributed by atoms with Crippen molar-refractivity contribution in [3.8, 4) is 0 Å². The summed E-state index contributed by atoms with van der Waals surface area (Å²) in [7, 11) is -4.45. The molecule has 2 aromatic rings. The van der Waals surface area contributed by atoms with Gasteiger partial charge < -0.3 is 10.1 Å². The lowest BCUT2D eigenvalue weighted by molar-refractivity contribution is -0.146. The van der Waals surface area contributed by atoms with E-state index in [2.05, 4.69) is 5.32 Å². The Bertz CT molecular complexity index is 878. The summed E-state index contributed by atoms with van der Waals surface area (Å²) in [6.45, 7) is 1.58. The summed E-state index contributed by atoms with van der Waals surface area (Å²) in [6.07, 6.45) is -0.0355. The van der Waals surface area contributed by atoms with Crippen LogP contribution in [0, 0.1) is 0 Å². The highest BCUT2D eigenvalue weighted by Gasteiger charge is 2.27. The first-order valence-corrected chi connectivity index (χ1v) is 9.28. The summed E-state index contributed by atoms with van der Waals surface area (Å²) in [5.74, 6) is -2.39. The number of amides is 1. The van der Waals surface area contributed by atoms with Crippen LogP contribution < -0.4 is 5.32 Å². The molecule has 0 aliphatic rings. The summed E-state index contributed by atoms with van der Waals surface area (Å²) in [5.41, 5.74) is 0.714. The maximum atomic E-state index is 12.2. The molecule has 0 unspecified atom stereocenters. The fourth-order valence-electron chi connectivity index (χ4n) is 2.40. The van der Waals surface area contributed by atoms with Gasteiger partial charge in [-0.3, -0.25) is 9.35 Å². The zero-order valence-corrected chi connectivity index (χ0v) is 14.5. The van der Waals surface area contributed by atoms with Crippen molar-refractivity contribution in [2.75, 3.05) is 12.4 Å². The molecule has 2 aromatic carbocycles. The summed E-state index contributed by atoms with van der Waals surface area (Å²) >= 11 is 0. The van der Waals surface area contributed by atoms with Crippen molar-refractivity contribution in [3.63, 3.8) is 0 Å². The molecule has 0 spiro atoms. The zero-order chi connectivity index (χ0) is 18.4. The number of nitrogens with one attached hydrogen (secondary N) is 1. The molecule has 0 radical (unpaired) electrons. The smallest absolute Gasteiger partial charge is 0.329 e. The quantitative estimate of drug-likeness (QED) is 0.566. The van der Waals surface area contributed by atoms with Crippen LogP contribution in [0.5, 0.6) is 0 Å². The molecule has 25 heavy (non-hydrogen) atoms. The van der Waals surface area contributed by atoms with Gasteiger partial charge in [-0.15, -0.1) is 0 Å². The first-order valence-electron chi connectivity index (χ1n) is 7.67. The molecule has 1 amide bonds. The molecule has 134 valence electrons. The molecule has 0 aliphatic carbocycles. The van der Waals surface area contributed by atoms with Crippen molar-refractivity contribution >= 4 is 32.8 Å². The molecular weight excluding hydrogens is 346 g/mol. The van der Waals surface area contributed by atoms with Crippen molar-refractivity contribution < 1.29 is 27.3 Å². The number of carbonyl (C=O) groups is 2. The second-order valence-electron chi connectivity index (χ2n) is 5.48. The monoisotopic (exact) mass is 365 g/mol. The predicted octanol–water partition coefficient (Wildman–Crippen LogP) is 1.32. The fraction of sp³-hybridized carbons (Fsp3) is 0.294. The van der Waals surface area contributed by atoms with Crippen LogP contribution in [0.2, 0.25) is 0 Å². The lowest BCUT2D eigenvalue weighted by Gasteiger charge is -2.16. The number of rotatable bonds is 7. The number of fused-ring (bicyclic) bond motifs is 1. The molecule has 2 rings (SSSR count). The highest BCUT2D eigenvalue weighted by Crippen LogP contribution is 2.16. The van der Waals surface area contributed by atoms with Crippen LogP contribution >= 0.6 is 0 Å². The third-order valence-electron chi connectivity index (χ3n) is 3.46. The Morgan fingerprint density at radius 2 is 1.84 bits per heavy atom. The molecule has 7 nitrogen and oxygen atoms in total. The average molecular weight is 365 g/mol. The summed E-state index contributed by atoms with van der Waals surface area (Å²) in [4.78, 5) is 23.9. The predicted molar refractivity (Wildman–Crippen MR) is 92.6 cm³/mol. The highest BCUT2D eigenvalue weighted by molar-refractivity contribution is 7.85. The Balaban J connectivity index is 2.09. The Morgan fingerprint density at radius 1 is 1.16 bits per heavy atom. The molecule has 1 atom stereocenters. The van der Waals surface area contributed by atoms with Crippen LogP contribution in [0.1, 0.15) is 12.5 Å². The second kappa shape index (κ2) is 8.09. The van der Waals surface area contributed by atoms with Crippen molar-refractivity contribution in [1.29, 1.82) is 0 Å². The van der Waals surface area contributed by atoms with Crippen molar-refractivity contribution in [2.45, 2.75) is 19.4 Å². The van der Waals surface area contributed by atoms with Gasteiger partial charge in [0.2, 0.25) is 5.91 Å². The summed E-state index contributed by atoms with van der Waals surface area (Å²) in [6, 6.07) is 11.7. The largest absolute Gasteiger partial charge is 0.464 e. The molecule has 2 N–H and O–H groups in total. The molecule has 0 aliphatic heterocycles. The van der Waals surface area contributed by atoms with E-state index in [9.17, 15) is 18.0 Å². The van der Waals surface area contributed by atoms with Crippen molar-refractivity contribution in [1.82, 2.24) is 5.32 Å². The third-order valence-corrected chi connectivity index (χ3v) is 4.22. The summed E-state index contributed by atoms with van der Waals surface area (Å²) in [5, 5.41) is 4.30. The van der Waals surface area contributed by atoms with E-state index in [1.165, 1.54) is 0 Å². The SMILES string of the molecule is CCOC(=O)[C@H](CS(=O)(=O)O)NC(=O)Cc1ccc2ccccc2c1. The fourth-order valence-corrected chi connectivity index (χ4v) is 3.04. The minimum Gasteiger partial charge on any atom is -0.464 e. The average Bonchev–Trinajstić information content (AvgIpc) is 2.53. The molecular formula is C17H19NO6S. The van der Waals surface area contributed by atoms with Gasteiger partial charge in [-0.25, -0.2) is 4.79 Å². The lowest BCUT2D eigenvalue weighted by atomic mass is 10.0. The number of carbonyl (C=O) groups excluding carboxylic acids is 2. The molecule has 0 saturated heterocycles. The van der Waals surface area contributed by atoms with Gasteiger partial charge in [0, 0.05) is 0 Å². The molecule has 0 saturated carbocycles. The number of ether oxygens (including phenoxy) is 1. The lowest BCUT2D eigenvalue weighted by Crippen LogP contribution is -2.46. The van der Waals surface area contributed by atoms with E-state index in [-0.39, 0.29) is 13.0 Å². The minimum absolute atomic E-state index is 0.0291.